The minimum Gasteiger partial charge on any atom is -0.486 e. The van der Waals surface area contributed by atoms with Crippen LogP contribution in [0.3, 0.4) is 0 Å². The van der Waals surface area contributed by atoms with Gasteiger partial charge in [-0.25, -0.2) is 9.97 Å². The molecule has 3 heteroatoms. The first-order valence-corrected chi connectivity index (χ1v) is 13.9. The number of hydrogen-bond donors (Lipinski definition) is 0. The van der Waals surface area contributed by atoms with Crippen LogP contribution in [-0.4, -0.2) is 9.97 Å². The first-order valence-electron chi connectivity index (χ1n) is 13.9. The molecule has 0 aliphatic rings. The number of ether oxygens (including phenoxy) is 1. The Morgan fingerprint density at radius 3 is 1.57 bits per heavy atom. The van der Waals surface area contributed by atoms with E-state index in [9.17, 15) is 0 Å². The van der Waals surface area contributed by atoms with E-state index in [0.717, 1.165) is 17.8 Å². The molecular weight excluding hydrogens is 428 g/mol. The molecule has 0 amide bonds. The summed E-state index contributed by atoms with van der Waals surface area (Å²) in [7, 11) is 0. The van der Waals surface area contributed by atoms with E-state index in [1.807, 2.05) is 0 Å². The number of rotatable bonds is 17. The molecule has 0 aliphatic carbocycles. The number of nitrogens with zero attached hydrogens (tertiary/aromatic N) is 2. The summed E-state index contributed by atoms with van der Waals surface area (Å²) in [5, 5.41) is 0. The lowest BCUT2D eigenvalue weighted by atomic mass is 10.0. The predicted molar refractivity (Wildman–Crippen MR) is 148 cm³/mol. The Morgan fingerprint density at radius 2 is 1.00 bits per heavy atom. The molecule has 0 bridgehead atoms. The molecule has 3 nitrogen and oxygen atoms in total. The number of unbranched alkanes of at least 4 members (excludes halogenated alkanes) is 9. The molecule has 0 spiro atoms. The van der Waals surface area contributed by atoms with E-state index in [4.69, 9.17) is 4.74 Å². The predicted octanol–water partition coefficient (Wildman–Crippen LogP) is 9.14. The van der Waals surface area contributed by atoms with Gasteiger partial charge in [0.1, 0.15) is 6.61 Å². The number of aromatic nitrogens is 2. The van der Waals surface area contributed by atoms with Crippen molar-refractivity contribution in [3.05, 3.63) is 77.6 Å². The van der Waals surface area contributed by atoms with Crippen LogP contribution in [-0.2, 0) is 19.4 Å². The Morgan fingerprint density at radius 1 is 0.543 bits per heavy atom. The Kier molecular flexibility index (Phi) is 12.4. The van der Waals surface area contributed by atoms with E-state index in [1.165, 1.54) is 93.7 Å². The Bertz CT molecular complexity index is 933. The van der Waals surface area contributed by atoms with E-state index in [2.05, 4.69) is 72.3 Å². The van der Waals surface area contributed by atoms with Crippen LogP contribution in [0, 0.1) is 0 Å². The van der Waals surface area contributed by atoms with Crippen LogP contribution < -0.4 is 4.74 Å². The van der Waals surface area contributed by atoms with Gasteiger partial charge in [0.15, 0.2) is 11.6 Å². The molecule has 0 atom stereocenters. The fourth-order valence-electron chi connectivity index (χ4n) is 4.37. The van der Waals surface area contributed by atoms with Gasteiger partial charge in [0, 0.05) is 5.56 Å². The van der Waals surface area contributed by atoms with Crippen molar-refractivity contribution >= 4 is 0 Å². The zero-order valence-corrected chi connectivity index (χ0v) is 22.0. The van der Waals surface area contributed by atoms with Crippen molar-refractivity contribution in [1.29, 1.82) is 0 Å². The maximum Gasteiger partial charge on any atom is 0.159 e. The second-order valence-corrected chi connectivity index (χ2v) is 9.73. The smallest absolute Gasteiger partial charge is 0.159 e. The SMILES string of the molecule is CCCCCCCCCc1ccc(COc2cnc(-c3ccc(CCCCCC)cc3)nc2)cc1. The summed E-state index contributed by atoms with van der Waals surface area (Å²) < 4.78 is 5.93. The highest BCUT2D eigenvalue weighted by molar-refractivity contribution is 5.55. The zero-order valence-electron chi connectivity index (χ0n) is 22.0. The van der Waals surface area contributed by atoms with Gasteiger partial charge in [-0.15, -0.1) is 0 Å². The molecule has 0 saturated carbocycles. The lowest BCUT2D eigenvalue weighted by molar-refractivity contribution is 0.303. The van der Waals surface area contributed by atoms with Crippen molar-refractivity contribution in [2.75, 3.05) is 0 Å². The average Bonchev–Trinajstić information content (AvgIpc) is 2.91. The number of benzene rings is 2. The number of hydrogen-bond acceptors (Lipinski definition) is 3. The highest BCUT2D eigenvalue weighted by Gasteiger charge is 2.04. The third-order valence-electron chi connectivity index (χ3n) is 6.66. The van der Waals surface area contributed by atoms with Crippen LogP contribution >= 0.6 is 0 Å². The minimum absolute atomic E-state index is 0.535. The van der Waals surface area contributed by atoms with Crippen molar-refractivity contribution in [1.82, 2.24) is 9.97 Å². The van der Waals surface area contributed by atoms with Crippen LogP contribution in [0.1, 0.15) is 101 Å². The standard InChI is InChI=1S/C32H44N2O/c1-3-5-7-9-10-11-13-15-27-16-18-29(19-17-27)26-35-31-24-33-32(34-25-31)30-22-20-28(21-23-30)14-12-8-6-4-2/h16-25H,3-15,26H2,1-2H3. The third-order valence-corrected chi connectivity index (χ3v) is 6.66. The maximum absolute atomic E-state index is 5.93. The van der Waals surface area contributed by atoms with Gasteiger partial charge >= 0.3 is 0 Å². The molecule has 35 heavy (non-hydrogen) atoms. The summed E-state index contributed by atoms with van der Waals surface area (Å²) in [4.78, 5) is 9.04. The summed E-state index contributed by atoms with van der Waals surface area (Å²) in [6, 6.07) is 17.5. The van der Waals surface area contributed by atoms with Crippen molar-refractivity contribution in [2.45, 2.75) is 104 Å². The van der Waals surface area contributed by atoms with Gasteiger partial charge in [-0.2, -0.15) is 0 Å². The maximum atomic E-state index is 5.93. The number of aryl methyl sites for hydroxylation is 2. The Labute approximate surface area is 213 Å². The Balaban J connectivity index is 1.38. The molecule has 0 fully saturated rings. The summed E-state index contributed by atoms with van der Waals surface area (Å²) in [6.07, 6.45) is 20.5. The molecule has 0 radical (unpaired) electrons. The van der Waals surface area contributed by atoms with E-state index in [1.54, 1.807) is 12.4 Å². The summed E-state index contributed by atoms with van der Waals surface area (Å²) in [5.74, 6) is 1.44. The van der Waals surface area contributed by atoms with Crippen LogP contribution in [0.25, 0.3) is 11.4 Å². The Hall–Kier alpha value is -2.68. The largest absolute Gasteiger partial charge is 0.486 e. The molecule has 0 N–H and O–H groups in total. The molecule has 1 heterocycles. The van der Waals surface area contributed by atoms with Gasteiger partial charge in [0.2, 0.25) is 0 Å². The highest BCUT2D eigenvalue weighted by atomic mass is 16.5. The third kappa shape index (κ3) is 10.2. The first kappa shape index (κ1) is 26.9. The van der Waals surface area contributed by atoms with Crippen LogP contribution in [0.15, 0.2) is 60.9 Å². The topological polar surface area (TPSA) is 35.0 Å². The van der Waals surface area contributed by atoms with E-state index in [-0.39, 0.29) is 0 Å². The quantitative estimate of drug-likeness (QED) is 0.184. The van der Waals surface area contributed by atoms with Gasteiger partial charge in [0.25, 0.3) is 0 Å². The van der Waals surface area contributed by atoms with Crippen LogP contribution in [0.5, 0.6) is 5.75 Å². The fraction of sp³-hybridized carbons (Fsp3) is 0.500. The molecule has 1 aromatic heterocycles. The molecule has 2 aromatic carbocycles. The summed E-state index contributed by atoms with van der Waals surface area (Å²) in [6.45, 7) is 5.06. The van der Waals surface area contributed by atoms with Gasteiger partial charge in [-0.05, 0) is 42.4 Å². The zero-order chi connectivity index (χ0) is 24.6. The molecule has 0 saturated heterocycles. The van der Waals surface area contributed by atoms with Crippen molar-refractivity contribution in [3.8, 4) is 17.1 Å². The van der Waals surface area contributed by atoms with Crippen LogP contribution in [0.4, 0.5) is 0 Å². The second kappa shape index (κ2) is 16.1. The van der Waals surface area contributed by atoms with Gasteiger partial charge < -0.3 is 4.74 Å². The average molecular weight is 473 g/mol. The summed E-state index contributed by atoms with van der Waals surface area (Å²) in [5.41, 5.74) is 5.03. The molecular formula is C32H44N2O. The van der Waals surface area contributed by atoms with Gasteiger partial charge in [-0.1, -0.05) is 120 Å². The van der Waals surface area contributed by atoms with Gasteiger partial charge in [0.05, 0.1) is 12.4 Å². The van der Waals surface area contributed by atoms with E-state index < -0.39 is 0 Å². The lowest BCUT2D eigenvalue weighted by Gasteiger charge is -2.08. The molecule has 188 valence electrons. The van der Waals surface area contributed by atoms with E-state index in [0.29, 0.717) is 12.4 Å². The molecule has 3 aromatic rings. The molecule has 0 unspecified atom stereocenters. The summed E-state index contributed by atoms with van der Waals surface area (Å²) >= 11 is 0. The van der Waals surface area contributed by atoms with Crippen LogP contribution in [0.2, 0.25) is 0 Å². The normalized spacial score (nSPS) is 11.0. The minimum atomic E-state index is 0.535. The van der Waals surface area contributed by atoms with Gasteiger partial charge in [-0.3, -0.25) is 0 Å². The molecule has 3 rings (SSSR count). The first-order chi connectivity index (χ1) is 17.3. The molecule has 0 aliphatic heterocycles. The van der Waals surface area contributed by atoms with E-state index >= 15 is 0 Å². The second-order valence-electron chi connectivity index (χ2n) is 9.73. The fourth-order valence-corrected chi connectivity index (χ4v) is 4.37. The lowest BCUT2D eigenvalue weighted by Crippen LogP contribution is -1.98. The highest BCUT2D eigenvalue weighted by Crippen LogP contribution is 2.19. The van der Waals surface area contributed by atoms with Crippen molar-refractivity contribution in [3.63, 3.8) is 0 Å². The monoisotopic (exact) mass is 472 g/mol. The van der Waals surface area contributed by atoms with Crippen molar-refractivity contribution < 1.29 is 4.74 Å². The van der Waals surface area contributed by atoms with Crippen molar-refractivity contribution in [2.24, 2.45) is 0 Å².